The van der Waals surface area contributed by atoms with Gasteiger partial charge >= 0.3 is 5.97 Å². The Labute approximate surface area is 115 Å². The van der Waals surface area contributed by atoms with Gasteiger partial charge < -0.3 is 16.2 Å². The van der Waals surface area contributed by atoms with Gasteiger partial charge in [-0.25, -0.2) is 9.48 Å². The van der Waals surface area contributed by atoms with Crippen molar-refractivity contribution in [1.29, 1.82) is 0 Å². The highest BCUT2D eigenvalue weighted by atomic mass is 16.5. The summed E-state index contributed by atoms with van der Waals surface area (Å²) in [4.78, 5) is 22.7. The average Bonchev–Trinajstić information content (AvgIpc) is 2.90. The summed E-state index contributed by atoms with van der Waals surface area (Å²) in [6, 6.07) is 4.79. The van der Waals surface area contributed by atoms with Crippen LogP contribution in [0.2, 0.25) is 0 Å². The van der Waals surface area contributed by atoms with E-state index in [-0.39, 0.29) is 11.3 Å². The first-order valence-corrected chi connectivity index (χ1v) is 5.78. The molecule has 1 aromatic heterocycles. The minimum absolute atomic E-state index is 0.138. The number of primary amides is 1. The smallest absolute Gasteiger partial charge is 0.340 e. The van der Waals surface area contributed by atoms with Crippen molar-refractivity contribution in [3.8, 4) is 5.69 Å². The first-order valence-electron chi connectivity index (χ1n) is 5.78. The van der Waals surface area contributed by atoms with Gasteiger partial charge in [-0.05, 0) is 30.7 Å². The number of methoxy groups -OCH3 is 1. The van der Waals surface area contributed by atoms with Gasteiger partial charge in [0.05, 0.1) is 18.4 Å². The molecule has 0 aliphatic heterocycles. The molecule has 1 aromatic carbocycles. The minimum Gasteiger partial charge on any atom is -0.465 e. The van der Waals surface area contributed by atoms with Crippen molar-refractivity contribution in [3.05, 3.63) is 41.2 Å². The van der Waals surface area contributed by atoms with Crippen LogP contribution in [-0.4, -0.2) is 28.8 Å². The van der Waals surface area contributed by atoms with Crippen molar-refractivity contribution in [2.24, 2.45) is 5.73 Å². The Morgan fingerprint density at radius 3 is 2.60 bits per heavy atom. The number of nitrogen functional groups attached to an aromatic ring is 1. The number of aryl methyl sites for hydroxylation is 1. The third kappa shape index (κ3) is 2.33. The Balaban J connectivity index is 2.54. The van der Waals surface area contributed by atoms with Crippen molar-refractivity contribution in [3.63, 3.8) is 0 Å². The third-order valence-corrected chi connectivity index (χ3v) is 2.88. The summed E-state index contributed by atoms with van der Waals surface area (Å²) < 4.78 is 6.13. The van der Waals surface area contributed by atoms with Crippen LogP contribution < -0.4 is 11.5 Å². The molecule has 0 spiro atoms. The number of amides is 1. The van der Waals surface area contributed by atoms with E-state index in [2.05, 4.69) is 9.84 Å². The molecule has 0 atom stereocenters. The first kappa shape index (κ1) is 13.6. The van der Waals surface area contributed by atoms with Crippen LogP contribution >= 0.6 is 0 Å². The number of nitrogens with two attached hydrogens (primary N) is 2. The van der Waals surface area contributed by atoms with Crippen LogP contribution in [0.4, 0.5) is 5.69 Å². The maximum absolute atomic E-state index is 11.7. The predicted octanol–water partition coefficient (Wildman–Crippen LogP) is 0.648. The molecule has 7 nitrogen and oxygen atoms in total. The maximum Gasteiger partial charge on any atom is 0.340 e. The largest absolute Gasteiger partial charge is 0.465 e. The molecule has 7 heteroatoms. The quantitative estimate of drug-likeness (QED) is 0.630. The van der Waals surface area contributed by atoms with Gasteiger partial charge in [0.25, 0.3) is 5.91 Å². The number of nitrogens with zero attached hydrogens (tertiary/aromatic N) is 2. The standard InChI is InChI=1S/C13H14N4O3/c1-7-5-8(6-9(11(7)14)13(19)20-2)17-4-3-10(16-17)12(15)18/h3-6H,14H2,1-2H3,(H2,15,18). The second-order valence-electron chi connectivity index (χ2n) is 4.23. The summed E-state index contributed by atoms with van der Waals surface area (Å²) in [6.07, 6.45) is 1.58. The molecule has 4 N–H and O–H groups in total. The van der Waals surface area contributed by atoms with E-state index in [9.17, 15) is 9.59 Å². The van der Waals surface area contributed by atoms with Gasteiger partial charge in [0.1, 0.15) is 5.69 Å². The summed E-state index contributed by atoms with van der Waals surface area (Å²) in [5.74, 6) is -1.15. The highest BCUT2D eigenvalue weighted by Gasteiger charge is 2.15. The SMILES string of the molecule is COC(=O)c1cc(-n2ccc(C(N)=O)n2)cc(C)c1N. The van der Waals surface area contributed by atoms with Gasteiger partial charge in [-0.2, -0.15) is 5.10 Å². The van der Waals surface area contributed by atoms with Gasteiger partial charge in [-0.1, -0.05) is 0 Å². The van der Waals surface area contributed by atoms with Crippen LogP contribution in [-0.2, 0) is 4.74 Å². The molecule has 104 valence electrons. The van der Waals surface area contributed by atoms with Crippen molar-refractivity contribution >= 4 is 17.6 Å². The van der Waals surface area contributed by atoms with Gasteiger partial charge in [0, 0.05) is 11.9 Å². The normalized spacial score (nSPS) is 10.3. The number of rotatable bonds is 3. The first-order chi connectivity index (χ1) is 9.43. The molecule has 0 unspecified atom stereocenters. The molecule has 0 saturated carbocycles. The lowest BCUT2D eigenvalue weighted by Gasteiger charge is -2.10. The molecule has 0 aliphatic rings. The van der Waals surface area contributed by atoms with Gasteiger partial charge in [-0.15, -0.1) is 0 Å². The zero-order chi connectivity index (χ0) is 14.9. The summed E-state index contributed by atoms with van der Waals surface area (Å²) in [5, 5.41) is 4.03. The summed E-state index contributed by atoms with van der Waals surface area (Å²) in [7, 11) is 1.28. The van der Waals surface area contributed by atoms with E-state index in [4.69, 9.17) is 11.5 Å². The van der Waals surface area contributed by atoms with Gasteiger partial charge in [0.15, 0.2) is 0 Å². The predicted molar refractivity (Wildman–Crippen MR) is 72.6 cm³/mol. The molecular weight excluding hydrogens is 260 g/mol. The number of carbonyl (C=O) groups excluding carboxylic acids is 2. The molecule has 0 radical (unpaired) electrons. The molecule has 1 heterocycles. The number of carbonyl (C=O) groups is 2. The van der Waals surface area contributed by atoms with Crippen LogP contribution in [0.3, 0.4) is 0 Å². The van der Waals surface area contributed by atoms with E-state index in [0.717, 1.165) is 0 Å². The van der Waals surface area contributed by atoms with Crippen molar-refractivity contribution in [2.75, 3.05) is 12.8 Å². The number of hydrogen-bond acceptors (Lipinski definition) is 5. The second kappa shape index (κ2) is 5.04. The molecule has 0 fully saturated rings. The van der Waals surface area contributed by atoms with E-state index in [1.165, 1.54) is 17.9 Å². The van der Waals surface area contributed by atoms with Crippen LogP contribution in [0.5, 0.6) is 0 Å². The number of anilines is 1. The fraction of sp³-hybridized carbons (Fsp3) is 0.154. The van der Waals surface area contributed by atoms with Crippen molar-refractivity contribution in [1.82, 2.24) is 9.78 Å². The van der Waals surface area contributed by atoms with Crippen LogP contribution in [0, 0.1) is 6.92 Å². The summed E-state index contributed by atoms with van der Waals surface area (Å²) >= 11 is 0. The molecular formula is C13H14N4O3. The van der Waals surface area contributed by atoms with E-state index >= 15 is 0 Å². The van der Waals surface area contributed by atoms with E-state index in [0.29, 0.717) is 16.9 Å². The minimum atomic E-state index is -0.621. The summed E-state index contributed by atoms with van der Waals surface area (Å²) in [6.45, 7) is 1.77. The monoisotopic (exact) mass is 274 g/mol. The zero-order valence-corrected chi connectivity index (χ0v) is 11.1. The molecule has 1 amide bonds. The van der Waals surface area contributed by atoms with Gasteiger partial charge in [0.2, 0.25) is 0 Å². The number of ether oxygens (including phenoxy) is 1. The Kier molecular flexibility index (Phi) is 3.43. The van der Waals surface area contributed by atoms with Crippen molar-refractivity contribution in [2.45, 2.75) is 6.92 Å². The Morgan fingerprint density at radius 1 is 1.35 bits per heavy atom. The average molecular weight is 274 g/mol. The number of hydrogen-bond donors (Lipinski definition) is 2. The molecule has 20 heavy (non-hydrogen) atoms. The maximum atomic E-state index is 11.7. The van der Waals surface area contributed by atoms with Crippen molar-refractivity contribution < 1.29 is 14.3 Å². The summed E-state index contributed by atoms with van der Waals surface area (Å²) in [5.41, 5.74) is 13.0. The van der Waals surface area contributed by atoms with E-state index < -0.39 is 11.9 Å². The number of aromatic nitrogens is 2. The van der Waals surface area contributed by atoms with E-state index in [1.807, 2.05) is 0 Å². The van der Waals surface area contributed by atoms with Gasteiger partial charge in [-0.3, -0.25) is 4.79 Å². The molecule has 0 saturated heterocycles. The number of esters is 1. The van der Waals surface area contributed by atoms with E-state index in [1.54, 1.807) is 25.3 Å². The fourth-order valence-corrected chi connectivity index (χ4v) is 1.79. The molecule has 0 aliphatic carbocycles. The van der Waals surface area contributed by atoms with Crippen LogP contribution in [0.1, 0.15) is 26.4 Å². The Hall–Kier alpha value is -2.83. The fourth-order valence-electron chi connectivity index (χ4n) is 1.79. The van der Waals surface area contributed by atoms with Crippen LogP contribution in [0.15, 0.2) is 24.4 Å². The lowest BCUT2D eigenvalue weighted by molar-refractivity contribution is 0.0601. The zero-order valence-electron chi connectivity index (χ0n) is 11.1. The molecule has 2 rings (SSSR count). The molecule has 0 bridgehead atoms. The lowest BCUT2D eigenvalue weighted by Crippen LogP contribution is -2.13. The Morgan fingerprint density at radius 2 is 2.05 bits per heavy atom. The second-order valence-corrected chi connectivity index (χ2v) is 4.23. The highest BCUT2D eigenvalue weighted by molar-refractivity contribution is 5.96. The third-order valence-electron chi connectivity index (χ3n) is 2.88. The number of benzene rings is 1. The lowest BCUT2D eigenvalue weighted by atomic mass is 10.1. The topological polar surface area (TPSA) is 113 Å². The molecule has 2 aromatic rings. The Bertz CT molecular complexity index is 691. The van der Waals surface area contributed by atoms with Crippen LogP contribution in [0.25, 0.3) is 5.69 Å². The highest BCUT2D eigenvalue weighted by Crippen LogP contribution is 2.22.